The second-order valence-electron chi connectivity index (χ2n) is 6.63. The molecule has 11 heteroatoms. The molecule has 0 aliphatic heterocycles. The van der Waals surface area contributed by atoms with Crippen LogP contribution in [0, 0.1) is 18.6 Å². The summed E-state index contributed by atoms with van der Waals surface area (Å²) in [6, 6.07) is 8.23. The Morgan fingerprint density at radius 3 is 2.68 bits per heavy atom. The van der Waals surface area contributed by atoms with Crippen molar-refractivity contribution in [1.29, 1.82) is 0 Å². The first kappa shape index (κ1) is 20.5. The first-order valence-corrected chi connectivity index (χ1v) is 9.97. The minimum absolute atomic E-state index is 0.0544. The molecule has 0 saturated carbocycles. The van der Waals surface area contributed by atoms with E-state index < -0.39 is 17.4 Å². The van der Waals surface area contributed by atoms with Crippen molar-refractivity contribution in [2.24, 2.45) is 0 Å². The first-order chi connectivity index (χ1) is 14.9. The average Bonchev–Trinajstić information content (AvgIpc) is 3.30. The summed E-state index contributed by atoms with van der Waals surface area (Å²) in [5.41, 5.74) is 1.11. The molecule has 0 aliphatic carbocycles. The molecular formula is C20H16F2N6O2S. The van der Waals surface area contributed by atoms with E-state index in [1.54, 1.807) is 19.1 Å². The van der Waals surface area contributed by atoms with Gasteiger partial charge in [-0.1, -0.05) is 23.5 Å². The second kappa shape index (κ2) is 8.56. The van der Waals surface area contributed by atoms with Crippen molar-refractivity contribution in [1.82, 2.24) is 29.6 Å². The fourth-order valence-electron chi connectivity index (χ4n) is 2.83. The highest BCUT2D eigenvalue weighted by Crippen LogP contribution is 2.20. The summed E-state index contributed by atoms with van der Waals surface area (Å²) >= 11 is 1.04. The van der Waals surface area contributed by atoms with Crippen LogP contribution >= 0.6 is 11.3 Å². The van der Waals surface area contributed by atoms with Crippen LogP contribution in [0.25, 0.3) is 5.13 Å². The van der Waals surface area contributed by atoms with Gasteiger partial charge in [0.1, 0.15) is 22.8 Å². The number of aryl methyl sites for hydroxylation is 1. The zero-order valence-electron chi connectivity index (χ0n) is 16.2. The van der Waals surface area contributed by atoms with Crippen molar-refractivity contribution in [3.8, 4) is 5.13 Å². The number of nitrogens with zero attached hydrogens (tertiary/aromatic N) is 5. The van der Waals surface area contributed by atoms with Crippen LogP contribution in [0.2, 0.25) is 0 Å². The predicted molar refractivity (Wildman–Crippen MR) is 109 cm³/mol. The van der Waals surface area contributed by atoms with E-state index in [-0.39, 0.29) is 18.9 Å². The zero-order valence-corrected chi connectivity index (χ0v) is 17.1. The molecule has 1 N–H and O–H groups in total. The van der Waals surface area contributed by atoms with Crippen molar-refractivity contribution >= 4 is 17.2 Å². The molecule has 0 radical (unpaired) electrons. The second-order valence-corrected chi connectivity index (χ2v) is 7.60. The fourth-order valence-corrected chi connectivity index (χ4v) is 3.78. The maximum Gasteiger partial charge on any atom is 0.352 e. The van der Waals surface area contributed by atoms with Crippen molar-refractivity contribution in [2.45, 2.75) is 20.0 Å². The number of benzene rings is 1. The standard InChI is InChI=1S/C20H16F2N6O2S/c1-12-17(18(29)24-9-16-8-15(22)6-7-23-16)31-19(26-12)27-11-25-28(20(27)30)10-13-2-4-14(21)5-3-13/h2-8,11H,9-10H2,1H3,(H,24,29). The van der Waals surface area contributed by atoms with Gasteiger partial charge in [-0.3, -0.25) is 9.78 Å². The molecule has 0 saturated heterocycles. The smallest absolute Gasteiger partial charge is 0.346 e. The molecule has 31 heavy (non-hydrogen) atoms. The summed E-state index contributed by atoms with van der Waals surface area (Å²) in [7, 11) is 0. The lowest BCUT2D eigenvalue weighted by atomic mass is 10.2. The molecule has 0 spiro atoms. The molecule has 3 heterocycles. The highest BCUT2D eigenvalue weighted by molar-refractivity contribution is 7.16. The van der Waals surface area contributed by atoms with Gasteiger partial charge in [0.2, 0.25) is 0 Å². The molecule has 0 unspecified atom stereocenters. The quantitative estimate of drug-likeness (QED) is 0.495. The number of carbonyl (C=O) groups excluding carboxylic acids is 1. The largest absolute Gasteiger partial charge is 0.352 e. The number of hydrogen-bond acceptors (Lipinski definition) is 6. The van der Waals surface area contributed by atoms with E-state index in [4.69, 9.17) is 0 Å². The van der Waals surface area contributed by atoms with Gasteiger partial charge in [-0.2, -0.15) is 5.10 Å². The van der Waals surface area contributed by atoms with Gasteiger partial charge in [-0.15, -0.1) is 0 Å². The molecule has 4 aromatic rings. The molecule has 3 aromatic heterocycles. The van der Waals surface area contributed by atoms with Crippen LogP contribution < -0.4 is 11.0 Å². The third kappa shape index (κ3) is 4.56. The lowest BCUT2D eigenvalue weighted by Crippen LogP contribution is -2.24. The van der Waals surface area contributed by atoms with Gasteiger partial charge in [-0.05, 0) is 36.8 Å². The van der Waals surface area contributed by atoms with Crippen molar-refractivity contribution in [2.75, 3.05) is 0 Å². The van der Waals surface area contributed by atoms with E-state index in [0.29, 0.717) is 21.4 Å². The van der Waals surface area contributed by atoms with Crippen LogP contribution in [0.5, 0.6) is 0 Å². The molecule has 0 bridgehead atoms. The summed E-state index contributed by atoms with van der Waals surface area (Å²) < 4.78 is 28.8. The van der Waals surface area contributed by atoms with Crippen LogP contribution in [0.1, 0.15) is 26.6 Å². The zero-order chi connectivity index (χ0) is 22.0. The third-order valence-corrected chi connectivity index (χ3v) is 5.54. The van der Waals surface area contributed by atoms with E-state index in [1.165, 1.54) is 46.0 Å². The average molecular weight is 442 g/mol. The number of aromatic nitrogens is 5. The topological polar surface area (TPSA) is 94.7 Å². The molecular weight excluding hydrogens is 426 g/mol. The van der Waals surface area contributed by atoms with Crippen LogP contribution in [0.15, 0.2) is 53.7 Å². The predicted octanol–water partition coefficient (Wildman–Crippen LogP) is 2.45. The molecule has 0 fully saturated rings. The van der Waals surface area contributed by atoms with E-state index in [1.807, 2.05) is 0 Å². The SMILES string of the molecule is Cc1nc(-n2cnn(Cc3ccc(F)cc3)c2=O)sc1C(=O)NCc1cc(F)ccn1. The van der Waals surface area contributed by atoms with Crippen molar-refractivity contribution in [3.63, 3.8) is 0 Å². The van der Waals surface area contributed by atoms with Crippen LogP contribution in [-0.4, -0.2) is 30.2 Å². The molecule has 1 aromatic carbocycles. The van der Waals surface area contributed by atoms with E-state index in [2.05, 4.69) is 20.4 Å². The van der Waals surface area contributed by atoms with E-state index in [9.17, 15) is 18.4 Å². The van der Waals surface area contributed by atoms with Crippen molar-refractivity contribution in [3.05, 3.63) is 92.9 Å². The summed E-state index contributed by atoms with van der Waals surface area (Å²) in [4.78, 5) is 33.8. The fraction of sp³-hybridized carbons (Fsp3) is 0.150. The lowest BCUT2D eigenvalue weighted by molar-refractivity contribution is 0.0953. The number of nitrogens with one attached hydrogen (secondary N) is 1. The number of carbonyl (C=O) groups is 1. The van der Waals surface area contributed by atoms with Crippen LogP contribution in [-0.2, 0) is 13.1 Å². The Hall–Kier alpha value is -3.73. The summed E-state index contributed by atoms with van der Waals surface area (Å²) in [5, 5.41) is 7.04. The Balaban J connectivity index is 1.50. The number of halogens is 2. The number of amides is 1. The number of rotatable bonds is 6. The molecule has 1 amide bonds. The minimum Gasteiger partial charge on any atom is -0.346 e. The van der Waals surface area contributed by atoms with Crippen molar-refractivity contribution < 1.29 is 13.6 Å². The first-order valence-electron chi connectivity index (χ1n) is 9.16. The van der Waals surface area contributed by atoms with Gasteiger partial charge < -0.3 is 5.32 Å². The van der Waals surface area contributed by atoms with Gasteiger partial charge in [0, 0.05) is 6.20 Å². The Morgan fingerprint density at radius 1 is 1.16 bits per heavy atom. The maximum absolute atomic E-state index is 13.2. The molecule has 158 valence electrons. The molecule has 0 aliphatic rings. The normalized spacial score (nSPS) is 10.9. The summed E-state index contributed by atoms with van der Waals surface area (Å²) in [6.45, 7) is 1.88. The maximum atomic E-state index is 13.2. The molecule has 0 atom stereocenters. The molecule has 4 rings (SSSR count). The van der Waals surface area contributed by atoms with Crippen LogP contribution in [0.3, 0.4) is 0 Å². The van der Waals surface area contributed by atoms with E-state index >= 15 is 0 Å². The number of hydrogen-bond donors (Lipinski definition) is 1. The van der Waals surface area contributed by atoms with Gasteiger partial charge in [0.25, 0.3) is 5.91 Å². The monoisotopic (exact) mass is 442 g/mol. The number of thiazole rings is 1. The Kier molecular flexibility index (Phi) is 5.67. The minimum atomic E-state index is -0.437. The van der Waals surface area contributed by atoms with Crippen LogP contribution in [0.4, 0.5) is 8.78 Å². The molecule has 8 nitrogen and oxygen atoms in total. The Bertz CT molecular complexity index is 1300. The highest BCUT2D eigenvalue weighted by Gasteiger charge is 2.18. The lowest BCUT2D eigenvalue weighted by Gasteiger charge is -2.03. The highest BCUT2D eigenvalue weighted by atomic mass is 32.1. The van der Waals surface area contributed by atoms with Gasteiger partial charge in [-0.25, -0.2) is 27.8 Å². The van der Waals surface area contributed by atoms with Gasteiger partial charge >= 0.3 is 5.69 Å². The van der Waals surface area contributed by atoms with E-state index in [0.717, 1.165) is 16.9 Å². The summed E-state index contributed by atoms with van der Waals surface area (Å²) in [5.74, 6) is -1.20. The van der Waals surface area contributed by atoms with Gasteiger partial charge in [0.15, 0.2) is 5.13 Å². The Morgan fingerprint density at radius 2 is 1.94 bits per heavy atom. The third-order valence-electron chi connectivity index (χ3n) is 4.39. The summed E-state index contributed by atoms with van der Waals surface area (Å²) in [6.07, 6.45) is 2.64. The number of pyridine rings is 1. The Labute approximate surface area is 178 Å². The van der Waals surface area contributed by atoms with Gasteiger partial charge in [0.05, 0.1) is 24.5 Å².